The molecule has 0 saturated heterocycles. The lowest BCUT2D eigenvalue weighted by atomic mass is 10.1. The van der Waals surface area contributed by atoms with Crippen LogP contribution >= 0.6 is 0 Å². The monoisotopic (exact) mass is 349 g/mol. The molecule has 1 aromatic heterocycles. The van der Waals surface area contributed by atoms with Gasteiger partial charge in [-0.3, -0.25) is 0 Å². The minimum Gasteiger partial charge on any atom is -0.458 e. The van der Waals surface area contributed by atoms with Crippen LogP contribution in [0.2, 0.25) is 0 Å². The number of fused-ring (bicyclic) bond motifs is 1. The molecule has 0 aliphatic rings. The van der Waals surface area contributed by atoms with Crippen LogP contribution in [0.15, 0.2) is 42.5 Å². The van der Waals surface area contributed by atoms with Crippen molar-refractivity contribution in [3.05, 3.63) is 64.8 Å². The Balaban J connectivity index is 2.01. The van der Waals surface area contributed by atoms with Gasteiger partial charge in [0.25, 0.3) is 0 Å². The normalized spacial score (nSPS) is 11.0. The lowest BCUT2D eigenvalue weighted by molar-refractivity contribution is 0.0372. The molecule has 0 aliphatic carbocycles. The number of benzene rings is 2. The largest absolute Gasteiger partial charge is 0.458 e. The molecule has 0 amide bonds. The van der Waals surface area contributed by atoms with Crippen LogP contribution in [-0.2, 0) is 11.3 Å². The second-order valence-corrected chi connectivity index (χ2v) is 6.64. The van der Waals surface area contributed by atoms with Crippen molar-refractivity contribution in [1.29, 1.82) is 0 Å². The molecule has 0 atom stereocenters. The first-order valence-electron chi connectivity index (χ1n) is 8.72. The molecule has 0 radical (unpaired) electrons. The summed E-state index contributed by atoms with van der Waals surface area (Å²) in [4.78, 5) is 21.7. The summed E-state index contributed by atoms with van der Waals surface area (Å²) in [7, 11) is 0. The molecule has 0 spiro atoms. The quantitative estimate of drug-likeness (QED) is 0.691. The Hall–Kier alpha value is -2.95. The average molecular weight is 349 g/mol. The van der Waals surface area contributed by atoms with Crippen LogP contribution in [0.1, 0.15) is 41.0 Å². The van der Waals surface area contributed by atoms with Crippen LogP contribution in [0.4, 0.5) is 5.82 Å². The molecule has 26 heavy (non-hydrogen) atoms. The Kier molecular flexibility index (Phi) is 5.16. The molecule has 0 saturated carbocycles. The number of rotatable bonds is 5. The second kappa shape index (κ2) is 7.52. The fourth-order valence-corrected chi connectivity index (χ4v) is 2.63. The Bertz CT molecular complexity index is 937. The number of anilines is 1. The van der Waals surface area contributed by atoms with E-state index in [9.17, 15) is 4.79 Å². The average Bonchev–Trinajstić information content (AvgIpc) is 2.60. The van der Waals surface area contributed by atoms with Gasteiger partial charge in [-0.05, 0) is 56.5 Å². The third-order valence-corrected chi connectivity index (χ3v) is 4.12. The van der Waals surface area contributed by atoms with Gasteiger partial charge in [0.1, 0.15) is 0 Å². The molecule has 3 rings (SSSR count). The number of esters is 1. The van der Waals surface area contributed by atoms with Gasteiger partial charge in [-0.25, -0.2) is 14.8 Å². The Labute approximate surface area is 153 Å². The fourth-order valence-electron chi connectivity index (χ4n) is 2.63. The molecular weight excluding hydrogens is 326 g/mol. The van der Waals surface area contributed by atoms with Crippen molar-refractivity contribution in [3.8, 4) is 0 Å². The maximum absolute atomic E-state index is 12.5. The molecule has 1 heterocycles. The summed E-state index contributed by atoms with van der Waals surface area (Å²) in [5.74, 6) is -0.0292. The van der Waals surface area contributed by atoms with Crippen LogP contribution in [0.25, 0.3) is 11.0 Å². The van der Waals surface area contributed by atoms with E-state index in [1.54, 1.807) is 0 Å². The van der Waals surface area contributed by atoms with Crippen LogP contribution in [0, 0.1) is 13.8 Å². The van der Waals surface area contributed by atoms with Gasteiger partial charge in [-0.2, -0.15) is 0 Å². The number of aryl methyl sites for hydroxylation is 2. The van der Waals surface area contributed by atoms with Crippen LogP contribution < -0.4 is 5.32 Å². The first-order chi connectivity index (χ1) is 12.4. The fraction of sp³-hybridized carbons (Fsp3) is 0.286. The molecule has 134 valence electrons. The second-order valence-electron chi connectivity index (χ2n) is 6.64. The van der Waals surface area contributed by atoms with E-state index in [1.165, 1.54) is 0 Å². The predicted octanol–water partition coefficient (Wildman–Crippen LogP) is 4.42. The third-order valence-electron chi connectivity index (χ3n) is 4.12. The zero-order chi connectivity index (χ0) is 18.7. The van der Waals surface area contributed by atoms with Crippen molar-refractivity contribution in [1.82, 2.24) is 9.97 Å². The van der Waals surface area contributed by atoms with E-state index in [0.717, 1.165) is 22.2 Å². The van der Waals surface area contributed by atoms with E-state index in [1.807, 2.05) is 70.2 Å². The highest BCUT2D eigenvalue weighted by Crippen LogP contribution is 2.22. The van der Waals surface area contributed by atoms with E-state index in [-0.39, 0.29) is 11.8 Å². The highest BCUT2D eigenvalue weighted by molar-refractivity contribution is 5.95. The smallest absolute Gasteiger partial charge is 0.361 e. The number of hydrogen-bond donors (Lipinski definition) is 1. The van der Waals surface area contributed by atoms with Crippen molar-refractivity contribution in [2.24, 2.45) is 0 Å². The van der Waals surface area contributed by atoms with Gasteiger partial charge in [-0.15, -0.1) is 0 Å². The molecule has 5 heteroatoms. The summed E-state index contributed by atoms with van der Waals surface area (Å²) in [6.07, 6.45) is -0.221. The van der Waals surface area contributed by atoms with E-state index < -0.39 is 5.97 Å². The maximum atomic E-state index is 12.5. The molecule has 5 nitrogen and oxygen atoms in total. The summed E-state index contributed by atoms with van der Waals surface area (Å²) < 4.78 is 5.35. The molecule has 2 aromatic carbocycles. The van der Waals surface area contributed by atoms with Gasteiger partial charge in [0.05, 0.1) is 17.1 Å². The van der Waals surface area contributed by atoms with Crippen molar-refractivity contribution in [3.63, 3.8) is 0 Å². The number of ether oxygens (including phenoxy) is 1. The lowest BCUT2D eigenvalue weighted by Crippen LogP contribution is -2.17. The third kappa shape index (κ3) is 3.99. The van der Waals surface area contributed by atoms with Crippen molar-refractivity contribution in [2.45, 2.75) is 40.3 Å². The van der Waals surface area contributed by atoms with Crippen LogP contribution in [0.3, 0.4) is 0 Å². The summed E-state index contributed by atoms with van der Waals surface area (Å²) in [6, 6.07) is 13.9. The Morgan fingerprint density at radius 1 is 1.04 bits per heavy atom. The van der Waals surface area contributed by atoms with Crippen molar-refractivity contribution in [2.75, 3.05) is 5.32 Å². The number of hydrogen-bond acceptors (Lipinski definition) is 5. The first kappa shape index (κ1) is 17.9. The van der Waals surface area contributed by atoms with E-state index in [4.69, 9.17) is 4.74 Å². The zero-order valence-electron chi connectivity index (χ0n) is 15.5. The maximum Gasteiger partial charge on any atom is 0.361 e. The van der Waals surface area contributed by atoms with Gasteiger partial charge < -0.3 is 10.1 Å². The van der Waals surface area contributed by atoms with Crippen LogP contribution in [-0.4, -0.2) is 22.0 Å². The molecule has 0 aliphatic heterocycles. The van der Waals surface area contributed by atoms with Gasteiger partial charge in [0.15, 0.2) is 11.5 Å². The molecule has 0 bridgehead atoms. The molecule has 0 fully saturated rings. The van der Waals surface area contributed by atoms with Crippen molar-refractivity contribution >= 4 is 22.8 Å². The molecule has 0 unspecified atom stereocenters. The summed E-state index contributed by atoms with van der Waals surface area (Å²) in [6.45, 7) is 8.24. The van der Waals surface area contributed by atoms with Gasteiger partial charge in [0, 0.05) is 6.54 Å². The number of nitrogens with one attached hydrogen (secondary N) is 1. The summed E-state index contributed by atoms with van der Waals surface area (Å²) >= 11 is 0. The highest BCUT2D eigenvalue weighted by Gasteiger charge is 2.19. The standard InChI is InChI=1S/C21H23N3O2/c1-13(2)26-21(25)19-20(22-12-16-8-6-5-7-9-16)24-18-11-15(4)14(3)10-17(18)23-19/h5-11,13H,12H2,1-4H3,(H,22,24). The number of carbonyl (C=O) groups is 1. The summed E-state index contributed by atoms with van der Waals surface area (Å²) in [5.41, 5.74) is 5.00. The van der Waals surface area contributed by atoms with E-state index in [2.05, 4.69) is 15.3 Å². The molecule has 1 N–H and O–H groups in total. The SMILES string of the molecule is Cc1cc2nc(NCc3ccccc3)c(C(=O)OC(C)C)nc2cc1C. The minimum absolute atomic E-state index is 0.213. The highest BCUT2D eigenvalue weighted by atomic mass is 16.5. The predicted molar refractivity (Wildman–Crippen MR) is 103 cm³/mol. The number of aromatic nitrogens is 2. The zero-order valence-corrected chi connectivity index (χ0v) is 15.5. The van der Waals surface area contributed by atoms with E-state index >= 15 is 0 Å². The van der Waals surface area contributed by atoms with Gasteiger partial charge >= 0.3 is 5.97 Å². The lowest BCUT2D eigenvalue weighted by Gasteiger charge is -2.14. The molecule has 3 aromatic rings. The minimum atomic E-state index is -0.469. The number of nitrogens with zero attached hydrogens (tertiary/aromatic N) is 2. The summed E-state index contributed by atoms with van der Waals surface area (Å²) in [5, 5.41) is 3.24. The van der Waals surface area contributed by atoms with Crippen LogP contribution in [0.5, 0.6) is 0 Å². The molecular formula is C21H23N3O2. The van der Waals surface area contributed by atoms with Crippen molar-refractivity contribution < 1.29 is 9.53 Å². The topological polar surface area (TPSA) is 64.1 Å². The first-order valence-corrected chi connectivity index (χ1v) is 8.72. The Morgan fingerprint density at radius 2 is 1.65 bits per heavy atom. The van der Waals surface area contributed by atoms with E-state index in [0.29, 0.717) is 17.9 Å². The van der Waals surface area contributed by atoms with Gasteiger partial charge in [-0.1, -0.05) is 30.3 Å². The number of carbonyl (C=O) groups excluding carboxylic acids is 1. The Morgan fingerprint density at radius 3 is 2.27 bits per heavy atom. The van der Waals surface area contributed by atoms with Gasteiger partial charge in [0.2, 0.25) is 0 Å².